The number of alkyl halides is 2. The first-order chi connectivity index (χ1) is 10.3. The minimum Gasteiger partial charge on any atom is -0.435 e. The van der Waals surface area contributed by atoms with Crippen LogP contribution in [0.4, 0.5) is 8.78 Å². The molecule has 0 amide bonds. The summed E-state index contributed by atoms with van der Waals surface area (Å²) in [5.41, 5.74) is 0.315. The Kier molecular flexibility index (Phi) is 4.70. The number of tetrazole rings is 1. The Morgan fingerprint density at radius 1 is 1.23 bits per heavy atom. The molecule has 1 aromatic carbocycles. The van der Waals surface area contributed by atoms with Crippen LogP contribution >= 0.6 is 0 Å². The van der Waals surface area contributed by atoms with Crippen LogP contribution < -0.4 is 4.74 Å². The lowest BCUT2D eigenvalue weighted by Crippen LogP contribution is -2.22. The van der Waals surface area contributed by atoms with Gasteiger partial charge in [0.1, 0.15) is 5.75 Å². The van der Waals surface area contributed by atoms with Crippen molar-refractivity contribution in [2.24, 2.45) is 0 Å². The Balaban J connectivity index is 2.09. The van der Waals surface area contributed by atoms with Gasteiger partial charge in [-0.2, -0.15) is 8.78 Å². The van der Waals surface area contributed by atoms with Gasteiger partial charge in [-0.05, 0) is 28.1 Å². The van der Waals surface area contributed by atoms with Crippen LogP contribution in [0.1, 0.15) is 38.3 Å². The lowest BCUT2D eigenvalue weighted by molar-refractivity contribution is -0.0498. The van der Waals surface area contributed by atoms with Crippen molar-refractivity contribution in [3.05, 3.63) is 35.7 Å². The number of aromatic nitrogens is 4. The third-order valence-corrected chi connectivity index (χ3v) is 3.04. The summed E-state index contributed by atoms with van der Waals surface area (Å²) in [6.07, 6.45) is -0.856. The Morgan fingerprint density at radius 2 is 1.86 bits per heavy atom. The number of benzene rings is 1. The van der Waals surface area contributed by atoms with Crippen molar-refractivity contribution in [1.29, 1.82) is 0 Å². The molecule has 1 unspecified atom stereocenters. The molecule has 1 N–H and O–H groups in total. The molecule has 2 aromatic rings. The monoisotopic (exact) mass is 312 g/mol. The van der Waals surface area contributed by atoms with Gasteiger partial charge in [0.05, 0.1) is 12.6 Å². The highest BCUT2D eigenvalue weighted by atomic mass is 19.3. The Labute approximate surface area is 126 Å². The summed E-state index contributed by atoms with van der Waals surface area (Å²) in [4.78, 5) is 0. The van der Waals surface area contributed by atoms with Crippen molar-refractivity contribution in [1.82, 2.24) is 20.2 Å². The van der Waals surface area contributed by atoms with E-state index in [2.05, 4.69) is 20.3 Å². The van der Waals surface area contributed by atoms with Gasteiger partial charge in [0, 0.05) is 5.41 Å². The van der Waals surface area contributed by atoms with Gasteiger partial charge >= 0.3 is 6.61 Å². The number of hydrogen-bond donors (Lipinski definition) is 1. The average molecular weight is 312 g/mol. The van der Waals surface area contributed by atoms with Gasteiger partial charge in [0.25, 0.3) is 0 Å². The predicted octanol–water partition coefficient (Wildman–Crippen LogP) is 2.31. The molecule has 0 saturated heterocycles. The quantitative estimate of drug-likeness (QED) is 0.917. The fraction of sp³-hybridized carbons (Fsp3) is 0.500. The van der Waals surface area contributed by atoms with E-state index in [9.17, 15) is 13.9 Å². The second kappa shape index (κ2) is 6.35. The highest BCUT2D eigenvalue weighted by Crippen LogP contribution is 2.23. The molecular formula is C14H18F2N4O2. The lowest BCUT2D eigenvalue weighted by atomic mass is 9.95. The Morgan fingerprint density at radius 3 is 2.41 bits per heavy atom. The van der Waals surface area contributed by atoms with Crippen molar-refractivity contribution in [2.45, 2.75) is 45.4 Å². The molecule has 0 saturated carbocycles. The van der Waals surface area contributed by atoms with Crippen LogP contribution in [0.25, 0.3) is 0 Å². The number of aliphatic hydroxyl groups is 1. The summed E-state index contributed by atoms with van der Waals surface area (Å²) in [6.45, 7) is 3.22. The SMILES string of the molecule is CC(C)(C)c1nnnn1CC(O)c1ccc(OC(F)F)cc1. The molecule has 0 aliphatic heterocycles. The molecule has 1 aromatic heterocycles. The van der Waals surface area contributed by atoms with E-state index < -0.39 is 12.7 Å². The fourth-order valence-electron chi connectivity index (χ4n) is 2.01. The molecule has 1 atom stereocenters. The minimum absolute atomic E-state index is 0.0451. The van der Waals surface area contributed by atoms with Crippen LogP contribution in [0.2, 0.25) is 0 Å². The van der Waals surface area contributed by atoms with Gasteiger partial charge in [0.2, 0.25) is 0 Å². The third-order valence-electron chi connectivity index (χ3n) is 3.04. The molecule has 1 heterocycles. The molecule has 0 bridgehead atoms. The first kappa shape index (κ1) is 16.3. The summed E-state index contributed by atoms with van der Waals surface area (Å²) in [6, 6.07) is 5.83. The van der Waals surface area contributed by atoms with Gasteiger partial charge in [0.15, 0.2) is 5.82 Å². The van der Waals surface area contributed by atoms with Crippen molar-refractivity contribution in [3.8, 4) is 5.75 Å². The highest BCUT2D eigenvalue weighted by Gasteiger charge is 2.23. The summed E-state index contributed by atoms with van der Waals surface area (Å²) < 4.78 is 30.0. The van der Waals surface area contributed by atoms with E-state index in [0.717, 1.165) is 0 Å². The van der Waals surface area contributed by atoms with Crippen LogP contribution in [-0.2, 0) is 12.0 Å². The van der Waals surface area contributed by atoms with E-state index in [1.54, 1.807) is 0 Å². The normalized spacial score (nSPS) is 13.4. The average Bonchev–Trinajstić information content (AvgIpc) is 2.87. The fourth-order valence-corrected chi connectivity index (χ4v) is 2.01. The molecule has 2 rings (SSSR count). The summed E-state index contributed by atoms with van der Waals surface area (Å²) >= 11 is 0. The lowest BCUT2D eigenvalue weighted by Gasteiger charge is -2.19. The highest BCUT2D eigenvalue weighted by molar-refractivity contribution is 5.28. The first-order valence-corrected chi connectivity index (χ1v) is 6.77. The van der Waals surface area contributed by atoms with Crippen LogP contribution in [0.15, 0.2) is 24.3 Å². The molecule has 0 aliphatic carbocycles. The van der Waals surface area contributed by atoms with Crippen LogP contribution in [-0.4, -0.2) is 31.9 Å². The summed E-state index contributed by atoms with van der Waals surface area (Å²) in [5.74, 6) is 0.702. The molecular weight excluding hydrogens is 294 g/mol. The number of rotatable bonds is 5. The van der Waals surface area contributed by atoms with E-state index in [-0.39, 0.29) is 17.7 Å². The number of halogens is 2. The smallest absolute Gasteiger partial charge is 0.387 e. The van der Waals surface area contributed by atoms with E-state index in [1.165, 1.54) is 28.9 Å². The molecule has 8 heteroatoms. The van der Waals surface area contributed by atoms with Crippen LogP contribution in [0, 0.1) is 0 Å². The standard InChI is InChI=1S/C14H18F2N4O2/c1-14(2,3)12-17-18-19-20(12)8-11(21)9-4-6-10(7-5-9)22-13(15)16/h4-7,11,13,21H,8H2,1-3H3. The third kappa shape index (κ3) is 3.97. The van der Waals surface area contributed by atoms with Gasteiger partial charge < -0.3 is 9.84 Å². The summed E-state index contributed by atoms with van der Waals surface area (Å²) in [5, 5.41) is 21.7. The molecule has 6 nitrogen and oxygen atoms in total. The minimum atomic E-state index is -2.87. The van der Waals surface area contributed by atoms with Crippen molar-refractivity contribution in [2.75, 3.05) is 0 Å². The number of hydrogen-bond acceptors (Lipinski definition) is 5. The van der Waals surface area contributed by atoms with Gasteiger partial charge in [-0.15, -0.1) is 5.10 Å². The zero-order chi connectivity index (χ0) is 16.3. The van der Waals surface area contributed by atoms with Gasteiger partial charge in [-0.25, -0.2) is 4.68 Å². The van der Waals surface area contributed by atoms with E-state index in [1.807, 2.05) is 20.8 Å². The second-order valence-corrected chi connectivity index (χ2v) is 5.90. The maximum atomic E-state index is 12.1. The first-order valence-electron chi connectivity index (χ1n) is 6.77. The maximum Gasteiger partial charge on any atom is 0.387 e. The predicted molar refractivity (Wildman–Crippen MR) is 74.6 cm³/mol. The number of ether oxygens (including phenoxy) is 1. The molecule has 22 heavy (non-hydrogen) atoms. The number of aliphatic hydroxyl groups excluding tert-OH is 1. The second-order valence-electron chi connectivity index (χ2n) is 5.90. The Bertz CT molecular complexity index is 608. The van der Waals surface area contributed by atoms with Crippen molar-refractivity contribution in [3.63, 3.8) is 0 Å². The zero-order valence-electron chi connectivity index (χ0n) is 12.6. The van der Waals surface area contributed by atoms with E-state index in [4.69, 9.17) is 0 Å². The van der Waals surface area contributed by atoms with E-state index >= 15 is 0 Å². The summed E-state index contributed by atoms with van der Waals surface area (Å²) in [7, 11) is 0. The molecule has 120 valence electrons. The van der Waals surface area contributed by atoms with Gasteiger partial charge in [-0.3, -0.25) is 0 Å². The zero-order valence-corrected chi connectivity index (χ0v) is 12.6. The molecule has 0 fully saturated rings. The largest absolute Gasteiger partial charge is 0.435 e. The molecule has 0 aliphatic rings. The Hall–Kier alpha value is -2.09. The van der Waals surface area contributed by atoms with Crippen LogP contribution in [0.5, 0.6) is 5.75 Å². The van der Waals surface area contributed by atoms with Crippen LogP contribution in [0.3, 0.4) is 0 Å². The topological polar surface area (TPSA) is 73.1 Å². The van der Waals surface area contributed by atoms with E-state index in [0.29, 0.717) is 11.4 Å². The molecule has 0 radical (unpaired) electrons. The van der Waals surface area contributed by atoms with Crippen molar-refractivity contribution < 1.29 is 18.6 Å². The van der Waals surface area contributed by atoms with Crippen molar-refractivity contribution >= 4 is 0 Å². The number of nitrogens with zero attached hydrogens (tertiary/aromatic N) is 4. The maximum absolute atomic E-state index is 12.1. The molecule has 0 spiro atoms. The van der Waals surface area contributed by atoms with Gasteiger partial charge in [-0.1, -0.05) is 32.9 Å².